The number of hydrogen-bond acceptors (Lipinski definition) is 5. The van der Waals surface area contributed by atoms with Crippen molar-refractivity contribution in [1.82, 2.24) is 0 Å². The van der Waals surface area contributed by atoms with Gasteiger partial charge in [0.05, 0.1) is 0 Å². The van der Waals surface area contributed by atoms with Crippen LogP contribution in [-0.2, 0) is 0 Å². The lowest BCUT2D eigenvalue weighted by Gasteiger charge is -2.26. The number of nitrogens with zero attached hydrogens (tertiary/aromatic N) is 1. The molecule has 2 unspecified atom stereocenters. The molecule has 3 aromatic rings. The summed E-state index contributed by atoms with van der Waals surface area (Å²) in [4.78, 5) is 2.10. The lowest BCUT2D eigenvalue weighted by Crippen LogP contribution is -2.12. The van der Waals surface area contributed by atoms with Crippen molar-refractivity contribution in [2.75, 3.05) is 4.90 Å². The molecule has 3 aromatic carbocycles. The number of anilines is 3. The van der Waals surface area contributed by atoms with Crippen LogP contribution in [0.4, 0.5) is 17.1 Å². The molecule has 27 heavy (non-hydrogen) atoms. The van der Waals surface area contributed by atoms with Gasteiger partial charge in [0, 0.05) is 17.1 Å². The van der Waals surface area contributed by atoms with Gasteiger partial charge in [0.25, 0.3) is 0 Å². The summed E-state index contributed by atoms with van der Waals surface area (Å²) in [5.74, 6) is 1.20. The average molecular weight is 365 g/mol. The first-order chi connectivity index (χ1) is 13.0. The Morgan fingerprint density at radius 2 is 0.963 bits per heavy atom. The van der Waals surface area contributed by atoms with Crippen LogP contribution in [0.5, 0.6) is 11.5 Å². The molecule has 0 radical (unpaired) electrons. The summed E-state index contributed by atoms with van der Waals surface area (Å²) < 4.78 is 10.6. The van der Waals surface area contributed by atoms with Gasteiger partial charge in [-0.15, -0.1) is 0 Å². The third kappa shape index (κ3) is 5.00. The Balaban J connectivity index is 1.94. The Morgan fingerprint density at radius 3 is 1.33 bits per heavy atom. The Bertz CT molecular complexity index is 777. The molecule has 5 nitrogen and oxygen atoms in total. The maximum absolute atomic E-state index is 9.37. The van der Waals surface area contributed by atoms with Crippen LogP contribution in [0.1, 0.15) is 13.8 Å². The zero-order chi connectivity index (χ0) is 19.2. The molecule has 0 saturated heterocycles. The summed E-state index contributed by atoms with van der Waals surface area (Å²) >= 11 is 0. The van der Waals surface area contributed by atoms with Crippen molar-refractivity contribution in [1.29, 1.82) is 0 Å². The van der Waals surface area contributed by atoms with E-state index in [4.69, 9.17) is 9.47 Å². The Morgan fingerprint density at radius 1 is 0.593 bits per heavy atom. The zero-order valence-corrected chi connectivity index (χ0v) is 15.3. The van der Waals surface area contributed by atoms with Crippen LogP contribution in [0.25, 0.3) is 0 Å². The maximum Gasteiger partial charge on any atom is 0.194 e. The smallest absolute Gasteiger partial charge is 0.194 e. The Kier molecular flexibility index (Phi) is 5.96. The molecule has 140 valence electrons. The lowest BCUT2D eigenvalue weighted by molar-refractivity contribution is -0.000859. The molecule has 0 aromatic heterocycles. The number of rotatable bonds is 7. The van der Waals surface area contributed by atoms with Gasteiger partial charge in [-0.3, -0.25) is 0 Å². The molecule has 2 atom stereocenters. The van der Waals surface area contributed by atoms with E-state index in [-0.39, 0.29) is 0 Å². The van der Waals surface area contributed by atoms with Crippen LogP contribution in [-0.4, -0.2) is 22.8 Å². The molecule has 0 aliphatic heterocycles. The minimum absolute atomic E-state index is 0.599. The molecule has 0 bridgehead atoms. The summed E-state index contributed by atoms with van der Waals surface area (Å²) in [7, 11) is 0. The fourth-order valence-electron chi connectivity index (χ4n) is 2.77. The predicted octanol–water partition coefficient (Wildman–Crippen LogP) is 4.59. The van der Waals surface area contributed by atoms with Crippen LogP contribution in [0.2, 0.25) is 0 Å². The van der Waals surface area contributed by atoms with Gasteiger partial charge in [0.15, 0.2) is 12.6 Å². The van der Waals surface area contributed by atoms with Crippen molar-refractivity contribution in [2.45, 2.75) is 26.4 Å². The quantitative estimate of drug-likeness (QED) is 0.600. The highest BCUT2D eigenvalue weighted by Crippen LogP contribution is 2.35. The summed E-state index contributed by atoms with van der Waals surface area (Å²) in [5, 5.41) is 18.7. The maximum atomic E-state index is 9.37. The van der Waals surface area contributed by atoms with E-state index in [1.807, 2.05) is 78.9 Å². The summed E-state index contributed by atoms with van der Waals surface area (Å²) in [5.41, 5.74) is 2.90. The second-order valence-corrected chi connectivity index (χ2v) is 6.09. The molecular formula is C22H23NO4. The van der Waals surface area contributed by atoms with Crippen LogP contribution in [0.3, 0.4) is 0 Å². The summed E-state index contributed by atoms with van der Waals surface area (Å²) in [6.07, 6.45) is -1.72. The predicted molar refractivity (Wildman–Crippen MR) is 106 cm³/mol. The normalized spacial score (nSPS) is 12.9. The van der Waals surface area contributed by atoms with E-state index >= 15 is 0 Å². The monoisotopic (exact) mass is 365 g/mol. The number of benzene rings is 3. The highest BCUT2D eigenvalue weighted by Gasteiger charge is 2.13. The summed E-state index contributed by atoms with van der Waals surface area (Å²) in [6.45, 7) is 3.14. The first kappa shape index (κ1) is 18.8. The third-order valence-corrected chi connectivity index (χ3v) is 3.82. The highest BCUT2D eigenvalue weighted by molar-refractivity contribution is 5.76. The minimum atomic E-state index is -0.859. The highest BCUT2D eigenvalue weighted by atomic mass is 16.6. The summed E-state index contributed by atoms with van der Waals surface area (Å²) in [6, 6.07) is 25.0. The lowest BCUT2D eigenvalue weighted by atomic mass is 10.2. The van der Waals surface area contributed by atoms with Gasteiger partial charge in [-0.2, -0.15) is 0 Å². The van der Waals surface area contributed by atoms with Gasteiger partial charge in [-0.05, 0) is 74.5 Å². The molecule has 3 rings (SSSR count). The number of aliphatic hydroxyl groups excluding tert-OH is 2. The number of ether oxygens (including phenoxy) is 2. The molecule has 0 spiro atoms. The van der Waals surface area contributed by atoms with Crippen molar-refractivity contribution in [3.8, 4) is 11.5 Å². The van der Waals surface area contributed by atoms with E-state index in [1.54, 1.807) is 13.8 Å². The molecule has 0 saturated carbocycles. The first-order valence-electron chi connectivity index (χ1n) is 8.77. The number of aliphatic hydroxyl groups is 2. The van der Waals surface area contributed by atoms with E-state index in [0.29, 0.717) is 11.5 Å². The second kappa shape index (κ2) is 8.58. The van der Waals surface area contributed by atoms with Crippen molar-refractivity contribution in [3.05, 3.63) is 78.9 Å². The molecule has 0 amide bonds. The van der Waals surface area contributed by atoms with Gasteiger partial charge in [-0.1, -0.05) is 18.2 Å². The van der Waals surface area contributed by atoms with Crippen LogP contribution < -0.4 is 14.4 Å². The molecule has 0 aliphatic carbocycles. The topological polar surface area (TPSA) is 62.2 Å². The van der Waals surface area contributed by atoms with Crippen molar-refractivity contribution in [2.24, 2.45) is 0 Å². The fraction of sp³-hybridized carbons (Fsp3) is 0.182. The van der Waals surface area contributed by atoms with Crippen LogP contribution >= 0.6 is 0 Å². The van der Waals surface area contributed by atoms with Gasteiger partial charge >= 0.3 is 0 Å². The minimum Gasteiger partial charge on any atom is -0.465 e. The number of hydrogen-bond donors (Lipinski definition) is 2. The van der Waals surface area contributed by atoms with Crippen molar-refractivity contribution >= 4 is 17.1 Å². The number of para-hydroxylation sites is 1. The Hall–Kier alpha value is -3.02. The van der Waals surface area contributed by atoms with E-state index in [1.165, 1.54) is 0 Å². The van der Waals surface area contributed by atoms with E-state index in [9.17, 15) is 10.2 Å². The van der Waals surface area contributed by atoms with E-state index in [0.717, 1.165) is 17.1 Å². The third-order valence-electron chi connectivity index (χ3n) is 3.82. The molecule has 0 aliphatic rings. The van der Waals surface area contributed by atoms with Gasteiger partial charge in [0.1, 0.15) is 11.5 Å². The van der Waals surface area contributed by atoms with E-state index < -0.39 is 12.6 Å². The zero-order valence-electron chi connectivity index (χ0n) is 15.3. The fourth-order valence-corrected chi connectivity index (χ4v) is 2.77. The first-order valence-corrected chi connectivity index (χ1v) is 8.77. The molecule has 0 fully saturated rings. The van der Waals surface area contributed by atoms with Crippen LogP contribution in [0.15, 0.2) is 78.9 Å². The second-order valence-electron chi connectivity index (χ2n) is 6.09. The molecular weight excluding hydrogens is 342 g/mol. The van der Waals surface area contributed by atoms with Gasteiger partial charge < -0.3 is 24.6 Å². The van der Waals surface area contributed by atoms with E-state index in [2.05, 4.69) is 4.90 Å². The van der Waals surface area contributed by atoms with Gasteiger partial charge in [-0.25, -0.2) is 0 Å². The standard InChI is InChI=1S/C22H23NO4/c1-16(24)26-21-12-8-19(9-13-21)23(18-6-4-3-5-7-18)20-10-14-22(15-11-20)27-17(2)25/h3-17,24-25H,1-2H3. The Labute approximate surface area is 159 Å². The largest absolute Gasteiger partial charge is 0.465 e. The molecule has 0 heterocycles. The average Bonchev–Trinajstić information content (AvgIpc) is 2.65. The van der Waals surface area contributed by atoms with Crippen molar-refractivity contribution < 1.29 is 19.7 Å². The van der Waals surface area contributed by atoms with Crippen molar-refractivity contribution in [3.63, 3.8) is 0 Å². The van der Waals surface area contributed by atoms with Crippen LogP contribution in [0, 0.1) is 0 Å². The SMILES string of the molecule is CC(O)Oc1ccc(N(c2ccccc2)c2ccc(OC(C)O)cc2)cc1. The molecule has 2 N–H and O–H groups in total. The van der Waals surface area contributed by atoms with Gasteiger partial charge in [0.2, 0.25) is 0 Å². The molecule has 5 heteroatoms.